The van der Waals surface area contributed by atoms with E-state index in [0.717, 1.165) is 10.1 Å². The number of H-pyrrole nitrogens is 1. The molecule has 0 spiro atoms. The molecule has 0 saturated carbocycles. The first kappa shape index (κ1) is 17.9. The van der Waals surface area contributed by atoms with Gasteiger partial charge in [0.1, 0.15) is 17.3 Å². The van der Waals surface area contributed by atoms with Crippen LogP contribution < -0.4 is 5.56 Å². The number of thiophene rings is 1. The fraction of sp³-hybridized carbons (Fsp3) is 0.100. The van der Waals surface area contributed by atoms with E-state index in [1.807, 2.05) is 24.3 Å². The van der Waals surface area contributed by atoms with Crippen molar-refractivity contribution in [1.82, 2.24) is 9.97 Å². The number of hydrogen-bond donors (Lipinski definition) is 1. The van der Waals surface area contributed by atoms with Crippen molar-refractivity contribution in [2.45, 2.75) is 6.61 Å². The number of methoxy groups -OCH3 is 1. The Hall–Kier alpha value is -3.52. The van der Waals surface area contributed by atoms with Gasteiger partial charge in [0.2, 0.25) is 0 Å². The van der Waals surface area contributed by atoms with Crippen LogP contribution in [-0.4, -0.2) is 29.0 Å². The highest BCUT2D eigenvalue weighted by molar-refractivity contribution is 7.20. The molecule has 0 radical (unpaired) electrons. The number of carbonyl (C=O) groups excluding carboxylic acids is 2. The minimum atomic E-state index is -0.526. The highest BCUT2D eigenvalue weighted by Gasteiger charge is 2.14. The van der Waals surface area contributed by atoms with E-state index in [1.165, 1.54) is 36.6 Å². The third-order valence-corrected chi connectivity index (χ3v) is 5.24. The van der Waals surface area contributed by atoms with E-state index in [0.29, 0.717) is 15.8 Å². The number of hydrogen-bond acceptors (Lipinski definition) is 7. The Morgan fingerprint density at radius 3 is 2.71 bits per heavy atom. The molecular weight excluding hydrogens is 380 g/mol. The third-order valence-electron chi connectivity index (χ3n) is 4.14. The molecule has 0 unspecified atom stereocenters. The number of aromatic nitrogens is 2. The minimum Gasteiger partial charge on any atom is -0.465 e. The van der Waals surface area contributed by atoms with Crippen molar-refractivity contribution in [1.29, 1.82) is 0 Å². The molecule has 0 fully saturated rings. The van der Waals surface area contributed by atoms with Crippen LogP contribution in [0.25, 0.3) is 21.0 Å². The van der Waals surface area contributed by atoms with E-state index in [9.17, 15) is 14.4 Å². The maximum atomic E-state index is 12.3. The fourth-order valence-electron chi connectivity index (χ4n) is 2.79. The number of fused-ring (bicyclic) bond motifs is 2. The molecule has 0 atom stereocenters. The van der Waals surface area contributed by atoms with Gasteiger partial charge < -0.3 is 14.5 Å². The van der Waals surface area contributed by atoms with Crippen LogP contribution in [0.2, 0.25) is 0 Å². The van der Waals surface area contributed by atoms with Gasteiger partial charge in [0, 0.05) is 4.70 Å². The summed E-state index contributed by atoms with van der Waals surface area (Å²) in [5, 5.41) is 1.29. The van der Waals surface area contributed by atoms with Crippen molar-refractivity contribution in [3.63, 3.8) is 0 Å². The maximum Gasteiger partial charge on any atom is 0.348 e. The molecule has 0 bridgehead atoms. The molecular formula is C20H14N2O5S. The van der Waals surface area contributed by atoms with E-state index in [4.69, 9.17) is 4.74 Å². The summed E-state index contributed by atoms with van der Waals surface area (Å²) in [6, 6.07) is 13.9. The number of rotatable bonds is 4. The van der Waals surface area contributed by atoms with Crippen LogP contribution in [0.15, 0.2) is 53.3 Å². The van der Waals surface area contributed by atoms with E-state index in [-0.39, 0.29) is 23.6 Å². The predicted molar refractivity (Wildman–Crippen MR) is 105 cm³/mol. The SMILES string of the molecule is COC(=O)c1ccc2c(=O)[nH]c(COC(=O)c3cc4ccccc4s3)nc2c1. The second kappa shape index (κ2) is 7.24. The second-order valence-electron chi connectivity index (χ2n) is 5.96. The van der Waals surface area contributed by atoms with Crippen molar-refractivity contribution < 1.29 is 19.1 Å². The van der Waals surface area contributed by atoms with Gasteiger partial charge in [0.05, 0.1) is 23.6 Å². The van der Waals surface area contributed by atoms with Crippen LogP contribution in [0.3, 0.4) is 0 Å². The van der Waals surface area contributed by atoms with Crippen LogP contribution in [0.5, 0.6) is 0 Å². The molecule has 7 nitrogen and oxygen atoms in total. The summed E-state index contributed by atoms with van der Waals surface area (Å²) in [5.74, 6) is -0.831. The molecule has 0 aliphatic rings. The van der Waals surface area contributed by atoms with Gasteiger partial charge in [0.15, 0.2) is 0 Å². The van der Waals surface area contributed by atoms with E-state index < -0.39 is 11.9 Å². The smallest absolute Gasteiger partial charge is 0.348 e. The van der Waals surface area contributed by atoms with Crippen molar-refractivity contribution in [2.24, 2.45) is 0 Å². The first-order chi connectivity index (χ1) is 13.5. The van der Waals surface area contributed by atoms with Gasteiger partial charge >= 0.3 is 11.9 Å². The van der Waals surface area contributed by atoms with Gasteiger partial charge in [0.25, 0.3) is 5.56 Å². The zero-order valence-electron chi connectivity index (χ0n) is 14.7. The number of nitrogens with zero attached hydrogens (tertiary/aromatic N) is 1. The van der Waals surface area contributed by atoms with Gasteiger partial charge in [-0.3, -0.25) is 4.79 Å². The molecule has 0 amide bonds. The van der Waals surface area contributed by atoms with Crippen LogP contribution >= 0.6 is 11.3 Å². The molecule has 8 heteroatoms. The van der Waals surface area contributed by atoms with Gasteiger partial charge in [-0.05, 0) is 35.7 Å². The molecule has 140 valence electrons. The molecule has 0 saturated heterocycles. The molecule has 2 aromatic heterocycles. The molecule has 2 aromatic carbocycles. The molecule has 0 aliphatic carbocycles. The quantitative estimate of drug-likeness (QED) is 0.534. The van der Waals surface area contributed by atoms with Gasteiger partial charge in [-0.1, -0.05) is 18.2 Å². The Bertz CT molecular complexity index is 1240. The summed E-state index contributed by atoms with van der Waals surface area (Å²) in [6.45, 7) is -0.194. The summed E-state index contributed by atoms with van der Waals surface area (Å²) in [5.41, 5.74) is 0.218. The highest BCUT2D eigenvalue weighted by atomic mass is 32.1. The number of benzene rings is 2. The Morgan fingerprint density at radius 1 is 1.11 bits per heavy atom. The average Bonchev–Trinajstić information content (AvgIpc) is 3.15. The molecule has 1 N–H and O–H groups in total. The van der Waals surface area contributed by atoms with E-state index in [2.05, 4.69) is 14.7 Å². The Morgan fingerprint density at radius 2 is 1.93 bits per heavy atom. The summed E-state index contributed by atoms with van der Waals surface area (Å²) in [7, 11) is 1.27. The first-order valence-corrected chi connectivity index (χ1v) is 9.14. The van der Waals surface area contributed by atoms with Crippen LogP contribution in [0.4, 0.5) is 0 Å². The molecule has 2 heterocycles. The number of esters is 2. The largest absolute Gasteiger partial charge is 0.465 e. The lowest BCUT2D eigenvalue weighted by molar-refractivity contribution is 0.0468. The number of aromatic amines is 1. The van der Waals surface area contributed by atoms with Crippen molar-refractivity contribution in [2.75, 3.05) is 7.11 Å². The molecule has 28 heavy (non-hydrogen) atoms. The molecule has 4 aromatic rings. The number of carbonyl (C=O) groups is 2. The average molecular weight is 394 g/mol. The Labute approximate surface area is 162 Å². The van der Waals surface area contributed by atoms with Crippen molar-refractivity contribution in [3.8, 4) is 0 Å². The highest BCUT2D eigenvalue weighted by Crippen LogP contribution is 2.26. The normalized spacial score (nSPS) is 10.9. The first-order valence-electron chi connectivity index (χ1n) is 8.32. The Balaban J connectivity index is 1.57. The Kier molecular flexibility index (Phi) is 4.62. The topological polar surface area (TPSA) is 98.4 Å². The standard InChI is InChI=1S/C20H14N2O5S/c1-26-19(24)12-6-7-13-14(8-12)21-17(22-18(13)23)10-27-20(25)16-9-11-4-2-3-5-15(11)28-16/h2-9H,10H2,1H3,(H,21,22,23). The minimum absolute atomic E-state index is 0.189. The summed E-state index contributed by atoms with van der Waals surface area (Å²) in [4.78, 5) is 43.6. The molecule has 0 aliphatic heterocycles. The maximum absolute atomic E-state index is 12.3. The fourth-order valence-corrected chi connectivity index (χ4v) is 3.75. The number of ether oxygens (including phenoxy) is 2. The zero-order chi connectivity index (χ0) is 19.7. The summed E-state index contributed by atoms with van der Waals surface area (Å²) in [6.07, 6.45) is 0. The van der Waals surface area contributed by atoms with Crippen molar-refractivity contribution >= 4 is 44.3 Å². The van der Waals surface area contributed by atoms with Gasteiger partial charge in [-0.15, -0.1) is 11.3 Å². The second-order valence-corrected chi connectivity index (χ2v) is 7.04. The number of nitrogens with one attached hydrogen (secondary N) is 1. The van der Waals surface area contributed by atoms with Crippen LogP contribution in [0.1, 0.15) is 25.9 Å². The lowest BCUT2D eigenvalue weighted by Gasteiger charge is -2.05. The van der Waals surface area contributed by atoms with Gasteiger partial charge in [-0.25, -0.2) is 14.6 Å². The van der Waals surface area contributed by atoms with E-state index >= 15 is 0 Å². The summed E-state index contributed by atoms with van der Waals surface area (Å²) >= 11 is 1.34. The van der Waals surface area contributed by atoms with Crippen molar-refractivity contribution in [3.05, 3.63) is 75.1 Å². The monoisotopic (exact) mass is 394 g/mol. The zero-order valence-corrected chi connectivity index (χ0v) is 15.5. The lowest BCUT2D eigenvalue weighted by Crippen LogP contribution is -2.15. The lowest BCUT2D eigenvalue weighted by atomic mass is 10.1. The van der Waals surface area contributed by atoms with Crippen LogP contribution in [0, 0.1) is 0 Å². The predicted octanol–water partition coefficient (Wildman–Crippen LogP) is 3.28. The third kappa shape index (κ3) is 3.37. The van der Waals surface area contributed by atoms with Crippen LogP contribution in [-0.2, 0) is 16.1 Å². The van der Waals surface area contributed by atoms with Gasteiger partial charge in [-0.2, -0.15) is 0 Å². The summed E-state index contributed by atoms with van der Waals surface area (Å²) < 4.78 is 11.0. The van der Waals surface area contributed by atoms with E-state index in [1.54, 1.807) is 6.07 Å². The molecule has 4 rings (SSSR count).